The number of aromatic hydroxyl groups is 1. The lowest BCUT2D eigenvalue weighted by atomic mass is 10.1. The van der Waals surface area contributed by atoms with Crippen LogP contribution in [0.2, 0.25) is 0 Å². The maximum Gasteiger partial charge on any atom is 0.329 e. The van der Waals surface area contributed by atoms with Crippen LogP contribution in [0.1, 0.15) is 0 Å². The van der Waals surface area contributed by atoms with Gasteiger partial charge in [0.15, 0.2) is 5.82 Å². The molecule has 0 aliphatic heterocycles. The van der Waals surface area contributed by atoms with Crippen molar-refractivity contribution in [1.29, 1.82) is 0 Å². The summed E-state index contributed by atoms with van der Waals surface area (Å²) >= 11 is 0. The summed E-state index contributed by atoms with van der Waals surface area (Å²) in [6, 6.07) is 8.56. The number of aromatic nitrogens is 4. The highest BCUT2D eigenvalue weighted by atomic mass is 16.5. The fraction of sp³-hybridized carbons (Fsp3) is 0.176. The first-order chi connectivity index (χ1) is 12.5. The Morgan fingerprint density at radius 1 is 1.23 bits per heavy atom. The number of nitrogen functional groups attached to an aromatic ring is 1. The summed E-state index contributed by atoms with van der Waals surface area (Å²) in [5.41, 5.74) is 8.35. The van der Waals surface area contributed by atoms with Crippen molar-refractivity contribution < 1.29 is 19.7 Å². The molecule has 3 rings (SSSR count). The minimum Gasteiger partial charge on any atom is -0.507 e. The smallest absolute Gasteiger partial charge is 0.329 e. The Balaban J connectivity index is 1.80. The molecule has 0 bridgehead atoms. The zero-order valence-electron chi connectivity index (χ0n) is 13.7. The van der Waals surface area contributed by atoms with E-state index in [0.29, 0.717) is 23.4 Å². The lowest BCUT2D eigenvalue weighted by Gasteiger charge is -2.07. The maximum atomic E-state index is 10.4. The van der Waals surface area contributed by atoms with Gasteiger partial charge in [-0.25, -0.2) is 4.79 Å². The van der Waals surface area contributed by atoms with Crippen molar-refractivity contribution in [2.45, 2.75) is 6.54 Å². The Morgan fingerprint density at radius 3 is 2.81 bits per heavy atom. The normalized spacial score (nSPS) is 10.8. The van der Waals surface area contributed by atoms with E-state index >= 15 is 0 Å². The third kappa shape index (κ3) is 3.95. The number of para-hydroxylation sites is 1. The summed E-state index contributed by atoms with van der Waals surface area (Å²) in [6.45, 7) is 0.276. The van der Waals surface area contributed by atoms with Crippen molar-refractivity contribution in [2.75, 3.05) is 18.9 Å². The summed E-state index contributed by atoms with van der Waals surface area (Å²) < 4.78 is 6.61. The number of ether oxygens (including phenoxy) is 1. The summed E-state index contributed by atoms with van der Waals surface area (Å²) in [6.07, 6.45) is 3.38. The second-order valence-electron chi connectivity index (χ2n) is 5.48. The van der Waals surface area contributed by atoms with Gasteiger partial charge in [-0.2, -0.15) is 5.10 Å². The highest BCUT2D eigenvalue weighted by Gasteiger charge is 2.12. The third-order valence-electron chi connectivity index (χ3n) is 3.64. The number of benzene rings is 1. The van der Waals surface area contributed by atoms with Gasteiger partial charge in [0.2, 0.25) is 0 Å². The highest BCUT2D eigenvalue weighted by Crippen LogP contribution is 2.31. The third-order valence-corrected chi connectivity index (χ3v) is 3.64. The van der Waals surface area contributed by atoms with Gasteiger partial charge in [-0.05, 0) is 18.2 Å². The number of nitrogens with zero attached hydrogens (tertiary/aromatic N) is 4. The molecule has 134 valence electrons. The van der Waals surface area contributed by atoms with Crippen LogP contribution >= 0.6 is 0 Å². The van der Waals surface area contributed by atoms with E-state index in [-0.39, 0.29) is 24.8 Å². The van der Waals surface area contributed by atoms with Crippen LogP contribution < -0.4 is 5.73 Å². The topological polar surface area (TPSA) is 136 Å². The van der Waals surface area contributed by atoms with Gasteiger partial charge in [-0.1, -0.05) is 12.1 Å². The van der Waals surface area contributed by atoms with Crippen molar-refractivity contribution in [2.24, 2.45) is 0 Å². The van der Waals surface area contributed by atoms with Gasteiger partial charge >= 0.3 is 5.97 Å². The van der Waals surface area contributed by atoms with E-state index in [1.165, 1.54) is 0 Å². The molecular weight excluding hydrogens is 338 g/mol. The number of hydrogen-bond acceptors (Lipinski definition) is 7. The molecule has 0 unspecified atom stereocenters. The molecule has 0 saturated heterocycles. The number of carbonyl (C=O) groups is 1. The van der Waals surface area contributed by atoms with Gasteiger partial charge in [0, 0.05) is 22.9 Å². The number of anilines is 1. The second kappa shape index (κ2) is 7.62. The van der Waals surface area contributed by atoms with Crippen LogP contribution in [0.15, 0.2) is 42.7 Å². The van der Waals surface area contributed by atoms with Gasteiger partial charge in [-0.15, -0.1) is 10.2 Å². The van der Waals surface area contributed by atoms with Crippen molar-refractivity contribution in [1.82, 2.24) is 20.0 Å². The zero-order chi connectivity index (χ0) is 18.5. The van der Waals surface area contributed by atoms with Crippen molar-refractivity contribution in [3.63, 3.8) is 0 Å². The largest absolute Gasteiger partial charge is 0.507 e. The van der Waals surface area contributed by atoms with Crippen LogP contribution in [-0.4, -0.2) is 49.4 Å². The molecule has 2 heterocycles. The number of rotatable bonds is 7. The van der Waals surface area contributed by atoms with Gasteiger partial charge in [0.05, 0.1) is 25.0 Å². The van der Waals surface area contributed by atoms with E-state index in [2.05, 4.69) is 15.3 Å². The summed E-state index contributed by atoms with van der Waals surface area (Å²) in [5.74, 6) is -0.673. The van der Waals surface area contributed by atoms with E-state index < -0.39 is 5.97 Å². The fourth-order valence-corrected chi connectivity index (χ4v) is 2.40. The molecule has 3 aromatic rings. The summed E-state index contributed by atoms with van der Waals surface area (Å²) in [5, 5.41) is 30.7. The van der Waals surface area contributed by atoms with Crippen molar-refractivity contribution in [3.8, 4) is 28.1 Å². The summed E-state index contributed by atoms with van der Waals surface area (Å²) in [7, 11) is 0. The zero-order valence-corrected chi connectivity index (χ0v) is 13.7. The van der Waals surface area contributed by atoms with Gasteiger partial charge in [-0.3, -0.25) is 4.68 Å². The summed E-state index contributed by atoms with van der Waals surface area (Å²) in [4.78, 5) is 10.4. The molecule has 4 N–H and O–H groups in total. The number of phenols is 1. The van der Waals surface area contributed by atoms with E-state index in [4.69, 9.17) is 15.6 Å². The first kappa shape index (κ1) is 17.4. The molecule has 9 nitrogen and oxygen atoms in total. The van der Waals surface area contributed by atoms with Crippen LogP contribution in [0.3, 0.4) is 0 Å². The number of carboxylic acid groups (broad SMARTS) is 1. The van der Waals surface area contributed by atoms with Crippen LogP contribution in [0.4, 0.5) is 5.82 Å². The molecule has 2 aromatic heterocycles. The fourth-order valence-electron chi connectivity index (χ4n) is 2.40. The Morgan fingerprint density at radius 2 is 2.04 bits per heavy atom. The average molecular weight is 355 g/mol. The molecule has 9 heteroatoms. The molecular formula is C17H17N5O4. The predicted octanol–water partition coefficient (Wildman–Crippen LogP) is 1.40. The molecule has 0 saturated carbocycles. The monoisotopic (exact) mass is 355 g/mol. The first-order valence-corrected chi connectivity index (χ1v) is 7.78. The van der Waals surface area contributed by atoms with Crippen LogP contribution in [-0.2, 0) is 16.1 Å². The molecule has 26 heavy (non-hydrogen) atoms. The number of carboxylic acids is 1. The van der Waals surface area contributed by atoms with Crippen LogP contribution in [0.25, 0.3) is 22.4 Å². The molecule has 0 aliphatic rings. The molecule has 0 spiro atoms. The van der Waals surface area contributed by atoms with Crippen LogP contribution in [0, 0.1) is 0 Å². The SMILES string of the molecule is Nc1nnc(-c2ccccc2O)cc1-c1cnn(CCOCC(=O)O)c1. The first-order valence-electron chi connectivity index (χ1n) is 7.78. The van der Waals surface area contributed by atoms with Gasteiger partial charge in [0.25, 0.3) is 0 Å². The van der Waals surface area contributed by atoms with Crippen molar-refractivity contribution >= 4 is 11.8 Å². The van der Waals surface area contributed by atoms with Crippen molar-refractivity contribution in [3.05, 3.63) is 42.7 Å². The Bertz CT molecular complexity index is 925. The molecule has 0 radical (unpaired) electrons. The number of nitrogens with two attached hydrogens (primary N) is 1. The molecule has 0 atom stereocenters. The van der Waals surface area contributed by atoms with E-state index in [9.17, 15) is 9.90 Å². The lowest BCUT2D eigenvalue weighted by Crippen LogP contribution is -2.12. The average Bonchev–Trinajstić information content (AvgIpc) is 3.08. The minimum absolute atomic E-state index is 0.101. The highest BCUT2D eigenvalue weighted by molar-refractivity contribution is 5.78. The van der Waals surface area contributed by atoms with E-state index in [1.807, 2.05) is 0 Å². The minimum atomic E-state index is -1.02. The van der Waals surface area contributed by atoms with Gasteiger partial charge < -0.3 is 20.7 Å². The molecule has 1 aromatic carbocycles. The van der Waals surface area contributed by atoms with E-state index in [1.54, 1.807) is 47.4 Å². The standard InChI is InChI=1S/C17H17N5O4/c18-17-13(7-14(20-21-17)12-3-1-2-4-15(12)23)11-8-19-22(9-11)5-6-26-10-16(24)25/h1-4,7-9,23H,5-6,10H2,(H2,18,21)(H,24,25). The lowest BCUT2D eigenvalue weighted by molar-refractivity contribution is -0.142. The Hall–Kier alpha value is -3.46. The molecule has 0 amide bonds. The molecule has 0 aliphatic carbocycles. The predicted molar refractivity (Wildman–Crippen MR) is 93.2 cm³/mol. The number of hydrogen-bond donors (Lipinski definition) is 3. The molecule has 0 fully saturated rings. The maximum absolute atomic E-state index is 10.4. The van der Waals surface area contributed by atoms with Gasteiger partial charge in [0.1, 0.15) is 12.4 Å². The quantitative estimate of drug-likeness (QED) is 0.541. The number of phenolic OH excluding ortho intramolecular Hbond substituents is 1. The Kier molecular flexibility index (Phi) is 5.09. The number of aliphatic carboxylic acids is 1. The van der Waals surface area contributed by atoms with E-state index in [0.717, 1.165) is 5.56 Å². The van der Waals surface area contributed by atoms with Crippen LogP contribution in [0.5, 0.6) is 5.75 Å². The second-order valence-corrected chi connectivity index (χ2v) is 5.48. The Labute approximate surface area is 148 Å².